The summed E-state index contributed by atoms with van der Waals surface area (Å²) in [5.41, 5.74) is 0. The van der Waals surface area contributed by atoms with Gasteiger partial charge in [-0.3, -0.25) is 0 Å². The minimum absolute atomic E-state index is 1.70. The molecular weight excluding hydrogens is 352 g/mol. The summed E-state index contributed by atoms with van der Waals surface area (Å²) in [4.78, 5) is 22.2. The Morgan fingerprint density at radius 3 is 1.76 bits per heavy atom. The lowest BCUT2D eigenvalue weighted by Gasteiger charge is -2.44. The van der Waals surface area contributed by atoms with Crippen LogP contribution in [0.2, 0.25) is 0 Å². The fourth-order valence-corrected chi connectivity index (χ4v) is 2.52. The number of rotatable bonds is 4. The van der Waals surface area contributed by atoms with Gasteiger partial charge in [0.15, 0.2) is 24.8 Å². The van der Waals surface area contributed by atoms with Crippen molar-refractivity contribution in [3.8, 4) is 0 Å². The lowest BCUT2D eigenvalue weighted by Crippen LogP contribution is -2.65. The van der Waals surface area contributed by atoms with Crippen molar-refractivity contribution in [1.29, 1.82) is 0 Å². The van der Waals surface area contributed by atoms with Gasteiger partial charge in [0.25, 0.3) is 0 Å². The smallest absolute Gasteiger partial charge is 0.335 e. The van der Waals surface area contributed by atoms with Gasteiger partial charge in [-0.25, -0.2) is 9.59 Å². The summed E-state index contributed by atoms with van der Waals surface area (Å²) in [6.45, 7) is 0. The van der Waals surface area contributed by atoms with Gasteiger partial charge in [0.05, 0.1) is 0 Å². The van der Waals surface area contributed by atoms with Gasteiger partial charge < -0.3 is 55.1 Å². The molecule has 0 aliphatic carbocycles. The van der Waals surface area contributed by atoms with Gasteiger partial charge in [-0.1, -0.05) is 0 Å². The quantitative estimate of drug-likeness (QED) is 0.232. The first-order chi connectivity index (χ1) is 11.6. The number of aliphatic carboxylic acids is 2. The van der Waals surface area contributed by atoms with Gasteiger partial charge in [-0.15, -0.1) is 0 Å². The molecular formula is C12H18O13. The van der Waals surface area contributed by atoms with E-state index in [9.17, 15) is 40.2 Å². The first-order valence-corrected chi connectivity index (χ1v) is 7.06. The molecule has 2 fully saturated rings. The standard InChI is InChI=1S/C12H18O13/c13-1-2(14)7(9(18)19)25-12(5(1)17)24-6-3(15)4(16)11(22)23-8(6)10(20)21/h1-8,11-17,22H,(H,18,19)(H,20,21)/t1?,2-,3-,4-,5-,6-,7+,8+,11+,12+/m1/s1. The second-order valence-corrected chi connectivity index (χ2v) is 5.60. The number of carboxylic acids is 2. The van der Waals surface area contributed by atoms with E-state index in [1.54, 1.807) is 0 Å². The van der Waals surface area contributed by atoms with Gasteiger partial charge >= 0.3 is 11.9 Å². The highest BCUT2D eigenvalue weighted by Gasteiger charge is 2.53. The van der Waals surface area contributed by atoms with Gasteiger partial charge in [0, 0.05) is 0 Å². The van der Waals surface area contributed by atoms with Crippen molar-refractivity contribution in [2.45, 2.75) is 61.4 Å². The van der Waals surface area contributed by atoms with Crippen LogP contribution < -0.4 is 0 Å². The lowest BCUT2D eigenvalue weighted by atomic mass is 9.96. The first kappa shape index (κ1) is 19.9. The lowest BCUT2D eigenvalue weighted by molar-refractivity contribution is -0.346. The molecule has 0 aromatic carbocycles. The summed E-state index contributed by atoms with van der Waals surface area (Å²) in [6.07, 6.45) is -19.9. The highest BCUT2D eigenvalue weighted by Crippen LogP contribution is 2.28. The summed E-state index contributed by atoms with van der Waals surface area (Å²) in [5, 5.41) is 75.9. The predicted octanol–water partition coefficient (Wildman–Crippen LogP) is -5.21. The Kier molecular flexibility index (Phi) is 5.93. The van der Waals surface area contributed by atoms with Crippen LogP contribution in [0.4, 0.5) is 0 Å². The molecule has 0 radical (unpaired) electrons. The van der Waals surface area contributed by atoms with E-state index in [0.717, 1.165) is 0 Å². The molecule has 144 valence electrons. The Bertz CT molecular complexity index is 511. The molecule has 0 amide bonds. The fraction of sp³-hybridized carbons (Fsp3) is 0.833. The highest BCUT2D eigenvalue weighted by atomic mass is 16.7. The van der Waals surface area contributed by atoms with E-state index in [2.05, 4.69) is 4.74 Å². The minimum atomic E-state index is -2.03. The highest BCUT2D eigenvalue weighted by molar-refractivity contribution is 5.74. The average molecular weight is 370 g/mol. The fourth-order valence-electron chi connectivity index (χ4n) is 2.52. The molecule has 0 saturated carbocycles. The van der Waals surface area contributed by atoms with Crippen LogP contribution >= 0.6 is 0 Å². The monoisotopic (exact) mass is 370 g/mol. The molecule has 10 atom stereocenters. The maximum Gasteiger partial charge on any atom is 0.335 e. The van der Waals surface area contributed by atoms with Gasteiger partial charge in [0.2, 0.25) is 0 Å². The predicted molar refractivity (Wildman–Crippen MR) is 69.7 cm³/mol. The van der Waals surface area contributed by atoms with Crippen LogP contribution in [0.3, 0.4) is 0 Å². The van der Waals surface area contributed by atoms with Crippen molar-refractivity contribution in [1.82, 2.24) is 0 Å². The molecule has 8 N–H and O–H groups in total. The zero-order chi connectivity index (χ0) is 19.0. The molecule has 13 nitrogen and oxygen atoms in total. The van der Waals surface area contributed by atoms with Gasteiger partial charge in [-0.2, -0.15) is 0 Å². The largest absolute Gasteiger partial charge is 0.479 e. The minimum Gasteiger partial charge on any atom is -0.479 e. The van der Waals surface area contributed by atoms with Crippen LogP contribution in [0.15, 0.2) is 0 Å². The van der Waals surface area contributed by atoms with Crippen molar-refractivity contribution < 1.29 is 64.7 Å². The van der Waals surface area contributed by atoms with Crippen molar-refractivity contribution >= 4 is 11.9 Å². The van der Waals surface area contributed by atoms with Crippen LogP contribution in [-0.4, -0.2) is 114 Å². The van der Waals surface area contributed by atoms with Crippen LogP contribution in [0.25, 0.3) is 0 Å². The number of aliphatic hydroxyl groups excluding tert-OH is 6. The number of hydrogen-bond acceptors (Lipinski definition) is 11. The Morgan fingerprint density at radius 2 is 1.24 bits per heavy atom. The summed E-state index contributed by atoms with van der Waals surface area (Å²) in [5.74, 6) is -3.39. The molecule has 2 aliphatic rings. The molecule has 2 heterocycles. The maximum absolute atomic E-state index is 11.2. The van der Waals surface area contributed by atoms with Crippen LogP contribution in [-0.2, 0) is 23.8 Å². The van der Waals surface area contributed by atoms with Crippen molar-refractivity contribution in [2.75, 3.05) is 0 Å². The Morgan fingerprint density at radius 1 is 0.680 bits per heavy atom. The number of ether oxygens (including phenoxy) is 3. The topological polar surface area (TPSA) is 224 Å². The average Bonchev–Trinajstić information content (AvgIpc) is 2.54. The van der Waals surface area contributed by atoms with Gasteiger partial charge in [-0.05, 0) is 0 Å². The molecule has 2 saturated heterocycles. The van der Waals surface area contributed by atoms with E-state index >= 15 is 0 Å². The Labute approximate surface area is 139 Å². The number of carboxylic acid groups (broad SMARTS) is 2. The van der Waals surface area contributed by atoms with E-state index < -0.39 is 73.4 Å². The molecule has 13 heteroatoms. The van der Waals surface area contributed by atoms with Crippen molar-refractivity contribution in [3.05, 3.63) is 0 Å². The van der Waals surface area contributed by atoms with Crippen LogP contribution in [0.5, 0.6) is 0 Å². The van der Waals surface area contributed by atoms with Gasteiger partial charge in [0.1, 0.15) is 36.6 Å². The zero-order valence-electron chi connectivity index (χ0n) is 12.4. The zero-order valence-corrected chi connectivity index (χ0v) is 12.4. The molecule has 0 aromatic rings. The second-order valence-electron chi connectivity index (χ2n) is 5.60. The number of carbonyl (C=O) groups is 2. The van der Waals surface area contributed by atoms with E-state index in [1.165, 1.54) is 0 Å². The summed E-state index contributed by atoms with van der Waals surface area (Å²) < 4.78 is 14.4. The number of aliphatic hydroxyl groups is 6. The molecule has 2 aliphatic heterocycles. The maximum atomic E-state index is 11.2. The van der Waals surface area contributed by atoms with Crippen LogP contribution in [0, 0.1) is 0 Å². The Balaban J connectivity index is 2.22. The SMILES string of the molecule is O=C(O)[C@H]1O[C@H](O)[C@H](O)[C@@H](O)[C@H]1O[C@H]1O[C@H](C(=O)O)[C@H](O)C(O)[C@H]1O. The second kappa shape index (κ2) is 7.45. The molecule has 0 aromatic heterocycles. The van der Waals surface area contributed by atoms with Crippen LogP contribution in [0.1, 0.15) is 0 Å². The van der Waals surface area contributed by atoms with E-state index in [1.807, 2.05) is 0 Å². The molecule has 0 bridgehead atoms. The van der Waals surface area contributed by atoms with Crippen molar-refractivity contribution in [2.24, 2.45) is 0 Å². The molecule has 2 rings (SSSR count). The van der Waals surface area contributed by atoms with E-state index in [4.69, 9.17) is 19.7 Å². The van der Waals surface area contributed by atoms with E-state index in [-0.39, 0.29) is 0 Å². The first-order valence-electron chi connectivity index (χ1n) is 7.06. The number of hydrogen-bond donors (Lipinski definition) is 8. The third-order valence-electron chi connectivity index (χ3n) is 3.91. The third-order valence-corrected chi connectivity index (χ3v) is 3.91. The summed E-state index contributed by atoms with van der Waals surface area (Å²) in [6, 6.07) is 0. The molecule has 25 heavy (non-hydrogen) atoms. The van der Waals surface area contributed by atoms with E-state index in [0.29, 0.717) is 0 Å². The van der Waals surface area contributed by atoms with Crippen molar-refractivity contribution in [3.63, 3.8) is 0 Å². The molecule has 1 unspecified atom stereocenters. The summed E-state index contributed by atoms with van der Waals surface area (Å²) >= 11 is 0. The Hall–Kier alpha value is -1.42. The third kappa shape index (κ3) is 3.74. The normalized spacial score (nSPS) is 48.1. The summed E-state index contributed by atoms with van der Waals surface area (Å²) in [7, 11) is 0. The molecule has 0 spiro atoms.